The highest BCUT2D eigenvalue weighted by Gasteiger charge is 2.44. The summed E-state index contributed by atoms with van der Waals surface area (Å²) in [5.41, 5.74) is 2.44. The van der Waals surface area contributed by atoms with Gasteiger partial charge in [-0.25, -0.2) is 4.79 Å². The lowest BCUT2D eigenvalue weighted by Gasteiger charge is -2.35. The largest absolute Gasteiger partial charge is 0.508 e. The minimum atomic E-state index is -1.05. The highest BCUT2D eigenvalue weighted by molar-refractivity contribution is 5.93. The van der Waals surface area contributed by atoms with Gasteiger partial charge >= 0.3 is 12.1 Å². The van der Waals surface area contributed by atoms with E-state index in [1.165, 1.54) is 12.1 Å². The van der Waals surface area contributed by atoms with Crippen molar-refractivity contribution in [1.29, 1.82) is 0 Å². The number of ether oxygens (including phenoxy) is 2. The molecular formula is C32H43N3O7. The highest BCUT2D eigenvalue weighted by atomic mass is 16.6. The fourth-order valence-corrected chi connectivity index (χ4v) is 4.74. The Morgan fingerprint density at radius 2 is 1.71 bits per heavy atom. The molecule has 1 saturated carbocycles. The third kappa shape index (κ3) is 9.49. The molecule has 3 N–H and O–H groups in total. The van der Waals surface area contributed by atoms with Crippen LogP contribution in [0.1, 0.15) is 75.3 Å². The average molecular weight is 582 g/mol. The Kier molecular flexibility index (Phi) is 11.0. The molecule has 0 aliphatic heterocycles. The Morgan fingerprint density at radius 1 is 1.05 bits per heavy atom. The number of hydrogen-bond donors (Lipinski definition) is 3. The number of hydrogen-bond acceptors (Lipinski definition) is 7. The number of alkyl carbamates (subject to hydrolysis) is 1. The second-order valence-corrected chi connectivity index (χ2v) is 11.7. The summed E-state index contributed by atoms with van der Waals surface area (Å²) in [5, 5.41) is 15.3. The zero-order valence-electron chi connectivity index (χ0n) is 25.4. The topological polar surface area (TPSA) is 134 Å². The molecule has 2 aromatic rings. The number of carbonyl (C=O) groups is 4. The van der Waals surface area contributed by atoms with Gasteiger partial charge in [-0.15, -0.1) is 0 Å². The van der Waals surface area contributed by atoms with E-state index in [4.69, 9.17) is 9.47 Å². The van der Waals surface area contributed by atoms with E-state index in [0.29, 0.717) is 24.0 Å². The van der Waals surface area contributed by atoms with Crippen LogP contribution in [-0.2, 0) is 30.3 Å². The lowest BCUT2D eigenvalue weighted by atomic mass is 9.95. The summed E-state index contributed by atoms with van der Waals surface area (Å²) in [4.78, 5) is 54.6. The van der Waals surface area contributed by atoms with Gasteiger partial charge < -0.3 is 30.1 Å². The normalized spacial score (nSPS) is 14.3. The van der Waals surface area contributed by atoms with Crippen molar-refractivity contribution in [2.45, 2.75) is 91.0 Å². The Labute approximate surface area is 247 Å². The van der Waals surface area contributed by atoms with E-state index in [2.05, 4.69) is 10.6 Å². The molecule has 0 saturated heterocycles. The molecule has 0 spiro atoms. The van der Waals surface area contributed by atoms with Gasteiger partial charge in [0.05, 0.1) is 13.0 Å². The summed E-state index contributed by atoms with van der Waals surface area (Å²) in [5.74, 6) is -1.20. The Morgan fingerprint density at radius 3 is 2.29 bits per heavy atom. The number of nitrogens with one attached hydrogen (secondary N) is 2. The Hall–Kier alpha value is -4.08. The summed E-state index contributed by atoms with van der Waals surface area (Å²) in [6, 6.07) is 9.83. The number of esters is 1. The zero-order chi connectivity index (χ0) is 31.0. The van der Waals surface area contributed by atoms with Gasteiger partial charge in [-0.2, -0.15) is 0 Å². The molecule has 228 valence electrons. The number of aromatic hydroxyl groups is 1. The van der Waals surface area contributed by atoms with Crippen LogP contribution in [-0.4, -0.2) is 64.7 Å². The van der Waals surface area contributed by atoms with E-state index in [1.54, 1.807) is 44.7 Å². The van der Waals surface area contributed by atoms with Gasteiger partial charge in [0, 0.05) is 19.0 Å². The van der Waals surface area contributed by atoms with Crippen LogP contribution >= 0.6 is 0 Å². The van der Waals surface area contributed by atoms with Gasteiger partial charge in [0.25, 0.3) is 0 Å². The minimum Gasteiger partial charge on any atom is -0.508 e. The molecule has 2 atom stereocenters. The molecule has 0 heterocycles. The van der Waals surface area contributed by atoms with Gasteiger partial charge in [-0.1, -0.05) is 35.9 Å². The van der Waals surface area contributed by atoms with Crippen LogP contribution < -0.4 is 10.6 Å². The Balaban J connectivity index is 1.99. The third-order valence-electron chi connectivity index (χ3n) is 6.74. The van der Waals surface area contributed by atoms with Crippen molar-refractivity contribution in [3.05, 3.63) is 64.7 Å². The molecule has 3 rings (SSSR count). The van der Waals surface area contributed by atoms with E-state index >= 15 is 0 Å². The van der Waals surface area contributed by atoms with Crippen molar-refractivity contribution in [1.82, 2.24) is 15.5 Å². The molecule has 3 amide bonds. The lowest BCUT2D eigenvalue weighted by Crippen LogP contribution is -2.54. The minimum absolute atomic E-state index is 0.000230. The monoisotopic (exact) mass is 581 g/mol. The molecule has 0 bridgehead atoms. The van der Waals surface area contributed by atoms with E-state index in [0.717, 1.165) is 11.1 Å². The van der Waals surface area contributed by atoms with Crippen molar-refractivity contribution < 1.29 is 33.8 Å². The number of phenolic OH excluding ortho intramolecular Hbond substituents is 1. The summed E-state index contributed by atoms with van der Waals surface area (Å²) < 4.78 is 10.4. The first-order chi connectivity index (χ1) is 19.8. The second kappa shape index (κ2) is 14.2. The van der Waals surface area contributed by atoms with Crippen molar-refractivity contribution in [2.24, 2.45) is 0 Å². The summed E-state index contributed by atoms with van der Waals surface area (Å²) in [7, 11) is 0. The molecule has 10 heteroatoms. The first-order valence-corrected chi connectivity index (χ1v) is 14.4. The molecule has 0 radical (unpaired) electrons. The van der Waals surface area contributed by atoms with Gasteiger partial charge in [0.15, 0.2) is 0 Å². The Bertz CT molecular complexity index is 1270. The van der Waals surface area contributed by atoms with E-state index < -0.39 is 41.6 Å². The van der Waals surface area contributed by atoms with Crippen molar-refractivity contribution >= 4 is 23.9 Å². The number of carbonyl (C=O) groups excluding carboxylic acids is 4. The quantitative estimate of drug-likeness (QED) is 0.319. The number of benzene rings is 2. The standard InChI is InChI=1S/C32H43N3O7/c1-7-41-27(37)16-17-33-29(38)28(25-15-8-20(2)18-21(25)3)35(23-11-12-23)30(39)26(34-31(40)42-32(4,5)6)19-22-9-13-24(36)14-10-22/h8-10,13-15,18,23,26,28,36H,7,11-12,16-17,19H2,1-6H3,(H,33,38)(H,34,40). The molecular weight excluding hydrogens is 538 g/mol. The summed E-state index contributed by atoms with van der Waals surface area (Å²) >= 11 is 0. The molecule has 1 aliphatic carbocycles. The van der Waals surface area contributed by atoms with E-state index in [-0.39, 0.29) is 37.8 Å². The number of amides is 3. The second-order valence-electron chi connectivity index (χ2n) is 11.7. The van der Waals surface area contributed by atoms with Crippen LogP contribution in [0.2, 0.25) is 0 Å². The van der Waals surface area contributed by atoms with Crippen molar-refractivity contribution in [2.75, 3.05) is 13.2 Å². The average Bonchev–Trinajstić information content (AvgIpc) is 3.72. The van der Waals surface area contributed by atoms with Gasteiger partial charge in [-0.3, -0.25) is 14.4 Å². The maximum absolute atomic E-state index is 14.4. The van der Waals surface area contributed by atoms with Crippen LogP contribution in [0.5, 0.6) is 5.75 Å². The predicted molar refractivity (Wildman–Crippen MR) is 158 cm³/mol. The van der Waals surface area contributed by atoms with Gasteiger partial charge in [0.2, 0.25) is 11.8 Å². The first kappa shape index (κ1) is 32.4. The van der Waals surface area contributed by atoms with Gasteiger partial charge in [0.1, 0.15) is 23.4 Å². The van der Waals surface area contributed by atoms with Crippen molar-refractivity contribution in [3.8, 4) is 5.75 Å². The molecule has 1 aliphatic rings. The molecule has 2 aromatic carbocycles. The number of nitrogens with zero attached hydrogens (tertiary/aromatic N) is 1. The fraction of sp³-hybridized carbons (Fsp3) is 0.500. The molecule has 0 aromatic heterocycles. The smallest absolute Gasteiger partial charge is 0.408 e. The SMILES string of the molecule is CCOC(=O)CCNC(=O)C(c1ccc(C)cc1C)N(C(=O)C(Cc1ccc(O)cc1)NC(=O)OC(C)(C)C)C1CC1. The van der Waals surface area contributed by atoms with Crippen LogP contribution in [0, 0.1) is 13.8 Å². The highest BCUT2D eigenvalue weighted by Crippen LogP contribution is 2.37. The number of aryl methyl sites for hydroxylation is 2. The first-order valence-electron chi connectivity index (χ1n) is 14.4. The third-order valence-corrected chi connectivity index (χ3v) is 6.74. The predicted octanol–water partition coefficient (Wildman–Crippen LogP) is 4.25. The molecule has 1 fully saturated rings. The molecule has 10 nitrogen and oxygen atoms in total. The van der Waals surface area contributed by atoms with Gasteiger partial charge in [-0.05, 0) is 83.2 Å². The van der Waals surface area contributed by atoms with Crippen molar-refractivity contribution in [3.63, 3.8) is 0 Å². The van der Waals surface area contributed by atoms with Crippen LogP contribution in [0.3, 0.4) is 0 Å². The molecule has 2 unspecified atom stereocenters. The van der Waals surface area contributed by atoms with Crippen LogP contribution in [0.15, 0.2) is 42.5 Å². The zero-order valence-corrected chi connectivity index (χ0v) is 25.4. The number of phenols is 1. The summed E-state index contributed by atoms with van der Waals surface area (Å²) in [6.45, 7) is 11.1. The van der Waals surface area contributed by atoms with E-state index in [9.17, 15) is 24.3 Å². The van der Waals surface area contributed by atoms with E-state index in [1.807, 2.05) is 32.0 Å². The number of rotatable bonds is 12. The fourth-order valence-electron chi connectivity index (χ4n) is 4.74. The maximum atomic E-state index is 14.4. The maximum Gasteiger partial charge on any atom is 0.408 e. The lowest BCUT2D eigenvalue weighted by molar-refractivity contribution is -0.144. The van der Waals surface area contributed by atoms with Crippen LogP contribution in [0.25, 0.3) is 0 Å². The van der Waals surface area contributed by atoms with Crippen LogP contribution in [0.4, 0.5) is 4.79 Å². The molecule has 42 heavy (non-hydrogen) atoms. The summed E-state index contributed by atoms with van der Waals surface area (Å²) in [6.07, 6.45) is 0.784.